The zero-order valence-corrected chi connectivity index (χ0v) is 19.8. The molecule has 0 fully saturated rings. The highest BCUT2D eigenvalue weighted by Crippen LogP contribution is 2.32. The molecule has 0 saturated carbocycles. The average molecular weight is 463 g/mol. The first kappa shape index (κ1) is 24.4. The molecule has 0 heterocycles. The van der Waals surface area contributed by atoms with Gasteiger partial charge < -0.3 is 10.4 Å². The van der Waals surface area contributed by atoms with Crippen molar-refractivity contribution in [3.05, 3.63) is 84.4 Å². The van der Waals surface area contributed by atoms with Gasteiger partial charge in [0.2, 0.25) is 0 Å². The van der Waals surface area contributed by atoms with Crippen LogP contribution in [0.25, 0.3) is 0 Å². The van der Waals surface area contributed by atoms with Crippen LogP contribution in [-0.4, -0.2) is 23.7 Å². The van der Waals surface area contributed by atoms with E-state index in [0.29, 0.717) is 13.0 Å². The number of rotatable bonds is 10. The fourth-order valence-electron chi connectivity index (χ4n) is 3.55. The van der Waals surface area contributed by atoms with Crippen molar-refractivity contribution in [1.29, 1.82) is 0 Å². The normalized spacial score (nSPS) is 11.6. The fraction of sp³-hybridized carbons (Fsp3) is 0.259. The monoisotopic (exact) mass is 462 g/mol. The van der Waals surface area contributed by atoms with Gasteiger partial charge in [0.1, 0.15) is 0 Å². The van der Waals surface area contributed by atoms with E-state index in [1.165, 1.54) is 0 Å². The molecular weight excluding hydrogens is 432 g/mol. The number of hydrogen-bond acceptors (Lipinski definition) is 3. The van der Waals surface area contributed by atoms with E-state index >= 15 is 0 Å². The van der Waals surface area contributed by atoms with Crippen LogP contribution in [0.5, 0.6) is 0 Å². The molecule has 0 saturated heterocycles. The van der Waals surface area contributed by atoms with Crippen LogP contribution in [0.2, 0.25) is 0 Å². The largest absolute Gasteiger partial charge is 0.481 e. The van der Waals surface area contributed by atoms with Crippen LogP contribution in [-0.2, 0) is 4.79 Å². The minimum absolute atomic E-state index is 0.152. The molecule has 3 aromatic rings. The van der Waals surface area contributed by atoms with Gasteiger partial charge in [-0.25, -0.2) is 4.79 Å². The molecule has 33 heavy (non-hydrogen) atoms. The molecule has 2 amide bonds. The van der Waals surface area contributed by atoms with Crippen molar-refractivity contribution in [2.24, 2.45) is 0 Å². The molecule has 0 radical (unpaired) electrons. The molecule has 1 unspecified atom stereocenters. The van der Waals surface area contributed by atoms with Gasteiger partial charge in [-0.3, -0.25) is 9.69 Å². The Kier molecular flexibility index (Phi) is 8.95. The molecule has 0 spiro atoms. The molecule has 0 bridgehead atoms. The summed E-state index contributed by atoms with van der Waals surface area (Å²) in [6.07, 6.45) is 2.46. The highest BCUT2D eigenvalue weighted by atomic mass is 32.2. The van der Waals surface area contributed by atoms with E-state index in [2.05, 4.69) is 12.2 Å². The standard InChI is InChI=1S/C27H30N2O3S/c1-3-5-18-29(27(32)28-21-10-7-6-8-11-21)22-12-9-13-24(19-22)33-23-16-14-20(15-17-23)25(4-2)26(30)31/h6-17,19,25H,3-5,18H2,1-2H3,(H,28,32)(H,30,31). The second-order valence-electron chi connectivity index (χ2n) is 7.77. The Morgan fingerprint density at radius 2 is 1.67 bits per heavy atom. The third-order valence-electron chi connectivity index (χ3n) is 5.36. The molecule has 0 aliphatic heterocycles. The number of unbranched alkanes of at least 4 members (excludes halogenated alkanes) is 1. The molecule has 3 aromatic carbocycles. The Morgan fingerprint density at radius 1 is 0.939 bits per heavy atom. The number of anilines is 2. The maximum absolute atomic E-state index is 13.0. The second-order valence-corrected chi connectivity index (χ2v) is 8.92. The van der Waals surface area contributed by atoms with E-state index < -0.39 is 11.9 Å². The number of nitrogens with zero attached hydrogens (tertiary/aromatic N) is 1. The van der Waals surface area contributed by atoms with Crippen LogP contribution in [0.1, 0.15) is 44.6 Å². The summed E-state index contributed by atoms with van der Waals surface area (Å²) >= 11 is 1.59. The van der Waals surface area contributed by atoms with E-state index in [4.69, 9.17) is 0 Å². The molecule has 0 aliphatic rings. The van der Waals surface area contributed by atoms with Crippen molar-refractivity contribution >= 4 is 35.1 Å². The van der Waals surface area contributed by atoms with E-state index in [1.54, 1.807) is 16.7 Å². The lowest BCUT2D eigenvalue weighted by Gasteiger charge is -2.23. The van der Waals surface area contributed by atoms with Gasteiger partial charge in [0.15, 0.2) is 0 Å². The van der Waals surface area contributed by atoms with Crippen molar-refractivity contribution in [3.63, 3.8) is 0 Å². The lowest BCUT2D eigenvalue weighted by molar-refractivity contribution is -0.138. The Bertz CT molecular complexity index is 1050. The summed E-state index contributed by atoms with van der Waals surface area (Å²) in [4.78, 5) is 28.3. The van der Waals surface area contributed by atoms with Crippen LogP contribution >= 0.6 is 11.8 Å². The van der Waals surface area contributed by atoms with Crippen molar-refractivity contribution in [3.8, 4) is 0 Å². The molecule has 172 valence electrons. The second kappa shape index (κ2) is 12.1. The maximum atomic E-state index is 13.0. The van der Waals surface area contributed by atoms with Crippen LogP contribution in [0.15, 0.2) is 88.7 Å². The molecule has 0 aromatic heterocycles. The fourth-order valence-corrected chi connectivity index (χ4v) is 4.42. The van der Waals surface area contributed by atoms with Gasteiger partial charge in [0.05, 0.1) is 5.92 Å². The van der Waals surface area contributed by atoms with Gasteiger partial charge in [-0.05, 0) is 60.9 Å². The highest BCUT2D eigenvalue weighted by Gasteiger charge is 2.18. The predicted molar refractivity (Wildman–Crippen MR) is 135 cm³/mol. The molecule has 1 atom stereocenters. The van der Waals surface area contributed by atoms with Gasteiger partial charge in [0.25, 0.3) is 0 Å². The lowest BCUT2D eigenvalue weighted by Crippen LogP contribution is -2.35. The number of carbonyl (C=O) groups excluding carboxylic acids is 1. The molecule has 0 aliphatic carbocycles. The summed E-state index contributed by atoms with van der Waals surface area (Å²) in [7, 11) is 0. The third-order valence-corrected chi connectivity index (χ3v) is 6.36. The Balaban J connectivity index is 1.76. The topological polar surface area (TPSA) is 69.6 Å². The lowest BCUT2D eigenvalue weighted by atomic mass is 9.97. The number of para-hydroxylation sites is 1. The number of nitrogens with one attached hydrogen (secondary N) is 1. The maximum Gasteiger partial charge on any atom is 0.326 e. The number of aliphatic carboxylic acids is 1. The number of carboxylic acid groups (broad SMARTS) is 1. The van der Waals surface area contributed by atoms with Gasteiger partial charge >= 0.3 is 12.0 Å². The summed E-state index contributed by atoms with van der Waals surface area (Å²) in [5, 5.41) is 12.4. The molecule has 6 heteroatoms. The zero-order valence-electron chi connectivity index (χ0n) is 19.0. The first-order valence-corrected chi connectivity index (χ1v) is 12.1. The zero-order chi connectivity index (χ0) is 23.6. The summed E-state index contributed by atoms with van der Waals surface area (Å²) in [5.74, 6) is -1.28. The van der Waals surface area contributed by atoms with Crippen LogP contribution in [0, 0.1) is 0 Å². The molecular formula is C27H30N2O3S. The summed E-state index contributed by atoms with van der Waals surface area (Å²) < 4.78 is 0. The van der Waals surface area contributed by atoms with Crippen molar-refractivity contribution < 1.29 is 14.7 Å². The number of urea groups is 1. The number of benzene rings is 3. The van der Waals surface area contributed by atoms with Gasteiger partial charge in [-0.1, -0.05) is 68.4 Å². The summed E-state index contributed by atoms with van der Waals surface area (Å²) in [6, 6.07) is 24.9. The first-order chi connectivity index (χ1) is 16.0. The van der Waals surface area contributed by atoms with Crippen molar-refractivity contribution in [2.45, 2.75) is 48.8 Å². The van der Waals surface area contributed by atoms with Crippen LogP contribution in [0.4, 0.5) is 16.2 Å². The minimum atomic E-state index is -0.799. The first-order valence-electron chi connectivity index (χ1n) is 11.3. The number of amides is 2. The van der Waals surface area contributed by atoms with Crippen molar-refractivity contribution in [2.75, 3.05) is 16.8 Å². The Hall–Kier alpha value is -3.25. The van der Waals surface area contributed by atoms with Gasteiger partial charge in [-0.2, -0.15) is 0 Å². The minimum Gasteiger partial charge on any atom is -0.481 e. The van der Waals surface area contributed by atoms with Crippen LogP contribution in [0.3, 0.4) is 0 Å². The van der Waals surface area contributed by atoms with Crippen LogP contribution < -0.4 is 10.2 Å². The molecule has 5 nitrogen and oxygen atoms in total. The number of carbonyl (C=O) groups is 2. The van der Waals surface area contributed by atoms with E-state index in [-0.39, 0.29) is 6.03 Å². The van der Waals surface area contributed by atoms with Gasteiger partial charge in [-0.15, -0.1) is 0 Å². The van der Waals surface area contributed by atoms with E-state index in [1.807, 2.05) is 85.8 Å². The van der Waals surface area contributed by atoms with Crippen molar-refractivity contribution in [1.82, 2.24) is 0 Å². The van der Waals surface area contributed by atoms with Gasteiger partial charge in [0, 0.05) is 27.7 Å². The van der Waals surface area contributed by atoms with E-state index in [9.17, 15) is 14.7 Å². The summed E-state index contributed by atoms with van der Waals surface area (Å²) in [5.41, 5.74) is 2.42. The Morgan fingerprint density at radius 3 is 2.30 bits per heavy atom. The highest BCUT2D eigenvalue weighted by molar-refractivity contribution is 7.99. The third kappa shape index (κ3) is 6.86. The number of hydrogen-bond donors (Lipinski definition) is 2. The Labute approximate surface area is 199 Å². The molecule has 3 rings (SSSR count). The van der Waals surface area contributed by atoms with E-state index in [0.717, 1.165) is 39.6 Å². The molecule has 2 N–H and O–H groups in total. The quantitative estimate of drug-likeness (QED) is 0.333. The average Bonchev–Trinajstić information content (AvgIpc) is 2.82. The summed E-state index contributed by atoms with van der Waals surface area (Å²) in [6.45, 7) is 4.62. The smallest absolute Gasteiger partial charge is 0.326 e. The number of carboxylic acids is 1. The predicted octanol–water partition coefficient (Wildman–Crippen LogP) is 7.25. The SMILES string of the molecule is CCCCN(C(=O)Nc1ccccc1)c1cccc(Sc2ccc(C(CC)C(=O)O)cc2)c1.